The molecule has 0 bridgehead atoms. The average Bonchev–Trinajstić information content (AvgIpc) is 2.63. The van der Waals surface area contributed by atoms with E-state index >= 15 is 0 Å². The molecular formula is C20H20N2O4. The summed E-state index contributed by atoms with van der Waals surface area (Å²) in [5.41, 5.74) is 2.44. The molecule has 0 aliphatic carbocycles. The summed E-state index contributed by atoms with van der Waals surface area (Å²) in [5, 5.41) is 21.8. The molecule has 0 aromatic heterocycles. The summed E-state index contributed by atoms with van der Waals surface area (Å²) < 4.78 is 10.4. The summed E-state index contributed by atoms with van der Waals surface area (Å²) in [6, 6.07) is 10.3. The highest BCUT2D eigenvalue weighted by Gasteiger charge is 2.12. The predicted molar refractivity (Wildman–Crippen MR) is 99.3 cm³/mol. The Balaban J connectivity index is 2.28. The number of aromatic hydroxyl groups is 1. The normalized spacial score (nSPS) is 10.8. The molecule has 0 saturated carbocycles. The molecule has 2 aromatic carbocycles. The highest BCUT2D eigenvalue weighted by atomic mass is 16.5. The first kappa shape index (κ1) is 18.9. The maximum atomic E-state index is 12.4. The van der Waals surface area contributed by atoms with Gasteiger partial charge in [-0.05, 0) is 60.9 Å². The second kappa shape index (κ2) is 8.08. The van der Waals surface area contributed by atoms with Crippen LogP contribution in [-0.4, -0.2) is 25.2 Å². The Labute approximate surface area is 152 Å². The van der Waals surface area contributed by atoms with Crippen molar-refractivity contribution < 1.29 is 19.4 Å². The molecule has 2 N–H and O–H groups in total. The van der Waals surface area contributed by atoms with Crippen LogP contribution in [0.3, 0.4) is 0 Å². The Morgan fingerprint density at radius 3 is 2.27 bits per heavy atom. The highest BCUT2D eigenvalue weighted by Crippen LogP contribution is 2.30. The molecule has 1 amide bonds. The lowest BCUT2D eigenvalue weighted by Gasteiger charge is -2.10. The van der Waals surface area contributed by atoms with Gasteiger partial charge >= 0.3 is 0 Å². The van der Waals surface area contributed by atoms with Gasteiger partial charge in [0.25, 0.3) is 5.91 Å². The van der Waals surface area contributed by atoms with Gasteiger partial charge in [-0.15, -0.1) is 0 Å². The zero-order valence-electron chi connectivity index (χ0n) is 15.1. The standard InChI is InChI=1S/C20H20N2O4/c1-12-7-14(8-13(2)19(12)23)9-15(11-21)20(24)22-16-5-6-17(25-3)18(10-16)26-4/h5-10,23H,1-4H3,(H,22,24)/b15-9+. The number of carbonyl (C=O) groups excluding carboxylic acids is 1. The maximum Gasteiger partial charge on any atom is 0.266 e. The van der Waals surface area contributed by atoms with Crippen LogP contribution in [0.25, 0.3) is 6.08 Å². The molecule has 6 heteroatoms. The highest BCUT2D eigenvalue weighted by molar-refractivity contribution is 6.09. The number of nitrogens with one attached hydrogen (secondary N) is 1. The molecule has 0 aliphatic heterocycles. The molecule has 134 valence electrons. The smallest absolute Gasteiger partial charge is 0.266 e. The Hall–Kier alpha value is -3.46. The first-order valence-electron chi connectivity index (χ1n) is 7.85. The average molecular weight is 352 g/mol. The summed E-state index contributed by atoms with van der Waals surface area (Å²) in [7, 11) is 3.02. The minimum Gasteiger partial charge on any atom is -0.507 e. The second-order valence-corrected chi connectivity index (χ2v) is 5.70. The fourth-order valence-electron chi connectivity index (χ4n) is 2.50. The van der Waals surface area contributed by atoms with Gasteiger partial charge in [0.05, 0.1) is 14.2 Å². The number of nitrogens with zero attached hydrogens (tertiary/aromatic N) is 1. The van der Waals surface area contributed by atoms with Crippen molar-refractivity contribution in [2.24, 2.45) is 0 Å². The monoisotopic (exact) mass is 352 g/mol. The summed E-state index contributed by atoms with van der Waals surface area (Å²) in [6.45, 7) is 3.52. The Morgan fingerprint density at radius 2 is 1.73 bits per heavy atom. The van der Waals surface area contributed by atoms with E-state index in [9.17, 15) is 15.2 Å². The molecule has 2 aromatic rings. The lowest BCUT2D eigenvalue weighted by molar-refractivity contribution is -0.112. The summed E-state index contributed by atoms with van der Waals surface area (Å²) in [4.78, 5) is 12.4. The van der Waals surface area contributed by atoms with Crippen molar-refractivity contribution in [1.29, 1.82) is 5.26 Å². The number of hydrogen-bond acceptors (Lipinski definition) is 5. The van der Waals surface area contributed by atoms with E-state index in [2.05, 4.69) is 5.32 Å². The van der Waals surface area contributed by atoms with Crippen LogP contribution in [0.2, 0.25) is 0 Å². The van der Waals surface area contributed by atoms with E-state index in [0.717, 1.165) is 0 Å². The fourth-order valence-corrected chi connectivity index (χ4v) is 2.50. The summed E-state index contributed by atoms with van der Waals surface area (Å²) in [6.07, 6.45) is 1.48. The number of phenolic OH excluding ortho intramolecular Hbond substituents is 1. The van der Waals surface area contributed by atoms with Crippen LogP contribution in [0.15, 0.2) is 35.9 Å². The van der Waals surface area contributed by atoms with Gasteiger partial charge in [-0.25, -0.2) is 0 Å². The van der Waals surface area contributed by atoms with Gasteiger partial charge in [0.15, 0.2) is 11.5 Å². The number of methoxy groups -OCH3 is 2. The number of ether oxygens (including phenoxy) is 2. The van der Waals surface area contributed by atoms with Gasteiger partial charge in [0.2, 0.25) is 0 Å². The van der Waals surface area contributed by atoms with Crippen molar-refractivity contribution in [3.8, 4) is 23.3 Å². The second-order valence-electron chi connectivity index (χ2n) is 5.70. The van der Waals surface area contributed by atoms with Gasteiger partial charge in [-0.2, -0.15) is 5.26 Å². The van der Waals surface area contributed by atoms with E-state index in [4.69, 9.17) is 9.47 Å². The van der Waals surface area contributed by atoms with Crippen molar-refractivity contribution in [1.82, 2.24) is 0 Å². The number of carbonyl (C=O) groups is 1. The summed E-state index contributed by atoms with van der Waals surface area (Å²) >= 11 is 0. The molecule has 0 saturated heterocycles. The summed E-state index contributed by atoms with van der Waals surface area (Å²) in [5.74, 6) is 0.674. The molecule has 0 unspecified atom stereocenters. The number of phenols is 1. The van der Waals surface area contributed by atoms with Crippen LogP contribution in [0.4, 0.5) is 5.69 Å². The predicted octanol–water partition coefficient (Wildman–Crippen LogP) is 3.57. The zero-order valence-corrected chi connectivity index (χ0v) is 15.1. The lowest BCUT2D eigenvalue weighted by atomic mass is 10.0. The third kappa shape index (κ3) is 4.14. The van der Waals surface area contributed by atoms with Crippen molar-refractivity contribution in [3.05, 3.63) is 52.6 Å². The van der Waals surface area contributed by atoms with Crippen LogP contribution in [-0.2, 0) is 4.79 Å². The van der Waals surface area contributed by atoms with Crippen LogP contribution >= 0.6 is 0 Å². The number of nitriles is 1. The Morgan fingerprint density at radius 1 is 1.12 bits per heavy atom. The minimum atomic E-state index is -0.539. The van der Waals surface area contributed by atoms with E-state index in [0.29, 0.717) is 33.9 Å². The molecule has 2 rings (SSSR count). The largest absolute Gasteiger partial charge is 0.507 e. The topological polar surface area (TPSA) is 91.6 Å². The molecule has 0 fully saturated rings. The van der Waals surface area contributed by atoms with Gasteiger partial charge in [-0.3, -0.25) is 4.79 Å². The van der Waals surface area contributed by atoms with Crippen molar-refractivity contribution in [2.75, 3.05) is 19.5 Å². The van der Waals surface area contributed by atoms with E-state index in [1.807, 2.05) is 6.07 Å². The van der Waals surface area contributed by atoms with Gasteiger partial charge in [0, 0.05) is 11.8 Å². The third-order valence-electron chi connectivity index (χ3n) is 3.83. The number of aryl methyl sites for hydroxylation is 2. The number of rotatable bonds is 5. The molecule has 0 heterocycles. The third-order valence-corrected chi connectivity index (χ3v) is 3.83. The molecule has 0 spiro atoms. The van der Waals surface area contributed by atoms with Crippen LogP contribution in [0, 0.1) is 25.2 Å². The SMILES string of the molecule is COc1ccc(NC(=O)/C(C#N)=C/c2cc(C)c(O)c(C)c2)cc1OC. The van der Waals surface area contributed by atoms with Gasteiger partial charge < -0.3 is 19.9 Å². The van der Waals surface area contributed by atoms with Crippen LogP contribution in [0.1, 0.15) is 16.7 Å². The number of hydrogen-bond donors (Lipinski definition) is 2. The quantitative estimate of drug-likeness (QED) is 0.634. The molecule has 26 heavy (non-hydrogen) atoms. The van der Waals surface area contributed by atoms with Crippen molar-refractivity contribution in [2.45, 2.75) is 13.8 Å². The van der Waals surface area contributed by atoms with E-state index in [1.54, 1.807) is 44.2 Å². The van der Waals surface area contributed by atoms with E-state index in [-0.39, 0.29) is 11.3 Å². The molecule has 0 aliphatic rings. The molecule has 0 atom stereocenters. The van der Waals surface area contributed by atoms with Crippen molar-refractivity contribution in [3.63, 3.8) is 0 Å². The minimum absolute atomic E-state index is 0.0516. The van der Waals surface area contributed by atoms with E-state index in [1.165, 1.54) is 20.3 Å². The first-order valence-corrected chi connectivity index (χ1v) is 7.85. The number of amides is 1. The molecular weight excluding hydrogens is 332 g/mol. The fraction of sp³-hybridized carbons (Fsp3) is 0.200. The molecule has 6 nitrogen and oxygen atoms in total. The number of anilines is 1. The van der Waals surface area contributed by atoms with Gasteiger partial charge in [0.1, 0.15) is 17.4 Å². The number of benzene rings is 2. The first-order chi connectivity index (χ1) is 12.4. The lowest BCUT2D eigenvalue weighted by Crippen LogP contribution is -2.13. The van der Waals surface area contributed by atoms with Gasteiger partial charge in [-0.1, -0.05) is 0 Å². The molecule has 0 radical (unpaired) electrons. The van der Waals surface area contributed by atoms with E-state index < -0.39 is 5.91 Å². The van der Waals surface area contributed by atoms with Crippen molar-refractivity contribution >= 4 is 17.7 Å². The zero-order chi connectivity index (χ0) is 19.3. The Kier molecular flexibility index (Phi) is 5.86. The van der Waals surface area contributed by atoms with Crippen LogP contribution in [0.5, 0.6) is 17.2 Å². The Bertz CT molecular complexity index is 888. The van der Waals surface area contributed by atoms with Crippen LogP contribution < -0.4 is 14.8 Å². The maximum absolute atomic E-state index is 12.4.